The molecule has 7 nitrogen and oxygen atoms in total. The molecule has 1 saturated heterocycles. The molecule has 1 unspecified atom stereocenters. The van der Waals surface area contributed by atoms with Crippen LogP contribution in [0.1, 0.15) is 32.8 Å². The van der Waals surface area contributed by atoms with Crippen LogP contribution in [0, 0.1) is 0 Å². The molecule has 3 rings (SSSR count). The predicted octanol–water partition coefficient (Wildman–Crippen LogP) is 2.55. The number of esters is 1. The van der Waals surface area contributed by atoms with Gasteiger partial charge in [0.2, 0.25) is 0 Å². The monoisotopic (exact) mass is 363 g/mol. The third-order valence-corrected chi connectivity index (χ3v) is 4.33. The van der Waals surface area contributed by atoms with Crippen LogP contribution in [0.2, 0.25) is 0 Å². The second-order valence-electron chi connectivity index (χ2n) is 7.52. The number of benzene rings is 1. The summed E-state index contributed by atoms with van der Waals surface area (Å²) in [5.41, 5.74) is 0.514. The summed E-state index contributed by atoms with van der Waals surface area (Å²) < 4.78 is 21.8. The summed E-state index contributed by atoms with van der Waals surface area (Å²) in [6.45, 7) is 6.29. The number of carbonyl (C=O) groups is 2. The third-order valence-electron chi connectivity index (χ3n) is 4.33. The summed E-state index contributed by atoms with van der Waals surface area (Å²) in [5, 5.41) is 0. The molecule has 7 heteroatoms. The average Bonchev–Trinajstić information content (AvgIpc) is 3.18. The minimum atomic E-state index is -0.717. The van der Waals surface area contributed by atoms with Gasteiger partial charge in [0.1, 0.15) is 29.2 Å². The Labute approximate surface area is 153 Å². The van der Waals surface area contributed by atoms with Gasteiger partial charge in [-0.25, -0.2) is 9.59 Å². The van der Waals surface area contributed by atoms with Crippen LogP contribution in [0.25, 0.3) is 0 Å². The molecule has 142 valence electrons. The molecule has 0 N–H and O–H groups in total. The average molecular weight is 363 g/mol. The summed E-state index contributed by atoms with van der Waals surface area (Å²) in [6.07, 6.45) is 0.377. The minimum Gasteiger partial charge on any atom is -0.493 e. The van der Waals surface area contributed by atoms with E-state index in [2.05, 4.69) is 0 Å². The third kappa shape index (κ3) is 4.03. The Hall–Kier alpha value is -2.44. The number of amides is 1. The van der Waals surface area contributed by atoms with E-state index in [1.54, 1.807) is 20.8 Å². The van der Waals surface area contributed by atoms with E-state index in [1.165, 1.54) is 12.0 Å². The number of carbonyl (C=O) groups excluding carboxylic acids is 2. The molecule has 2 aliphatic rings. The van der Waals surface area contributed by atoms with Gasteiger partial charge in [-0.3, -0.25) is 4.90 Å². The fourth-order valence-electron chi connectivity index (χ4n) is 3.18. The van der Waals surface area contributed by atoms with Gasteiger partial charge in [-0.1, -0.05) is 6.07 Å². The molecule has 0 spiro atoms. The number of ether oxygens (including phenoxy) is 4. The fraction of sp³-hybridized carbons (Fsp3) is 0.579. The Morgan fingerprint density at radius 2 is 2.04 bits per heavy atom. The van der Waals surface area contributed by atoms with Crippen molar-refractivity contribution in [2.24, 2.45) is 0 Å². The van der Waals surface area contributed by atoms with Crippen LogP contribution in [0.3, 0.4) is 0 Å². The van der Waals surface area contributed by atoms with Crippen molar-refractivity contribution in [2.45, 2.75) is 51.4 Å². The second-order valence-corrected chi connectivity index (χ2v) is 7.52. The normalized spacial score (nSPS) is 21.8. The van der Waals surface area contributed by atoms with Crippen LogP contribution in [0.4, 0.5) is 4.79 Å². The van der Waals surface area contributed by atoms with Gasteiger partial charge in [0, 0.05) is 18.9 Å². The molecular formula is C19H25NO6. The van der Waals surface area contributed by atoms with E-state index < -0.39 is 23.7 Å². The van der Waals surface area contributed by atoms with Crippen LogP contribution >= 0.6 is 0 Å². The summed E-state index contributed by atoms with van der Waals surface area (Å²) in [6, 6.07) is 5.00. The van der Waals surface area contributed by atoms with Gasteiger partial charge in [-0.05, 0) is 32.4 Å². The van der Waals surface area contributed by atoms with Gasteiger partial charge in [-0.2, -0.15) is 0 Å². The molecule has 26 heavy (non-hydrogen) atoms. The van der Waals surface area contributed by atoms with Crippen molar-refractivity contribution in [2.75, 3.05) is 20.3 Å². The molecule has 1 fully saturated rings. The first kappa shape index (κ1) is 18.4. The summed E-state index contributed by atoms with van der Waals surface area (Å²) in [7, 11) is 1.31. The van der Waals surface area contributed by atoms with Gasteiger partial charge in [-0.15, -0.1) is 0 Å². The molecule has 0 saturated carbocycles. The molecule has 2 aliphatic heterocycles. The number of nitrogens with zero attached hydrogens (tertiary/aromatic N) is 1. The van der Waals surface area contributed by atoms with Crippen LogP contribution in [-0.4, -0.2) is 55.0 Å². The summed E-state index contributed by atoms with van der Waals surface area (Å²) >= 11 is 0. The first-order valence-electron chi connectivity index (χ1n) is 8.76. The first-order valence-corrected chi connectivity index (χ1v) is 8.76. The molecule has 2 heterocycles. The van der Waals surface area contributed by atoms with Crippen molar-refractivity contribution < 1.29 is 28.5 Å². The van der Waals surface area contributed by atoms with Crippen molar-refractivity contribution in [3.63, 3.8) is 0 Å². The number of hydrogen-bond acceptors (Lipinski definition) is 6. The highest BCUT2D eigenvalue weighted by atomic mass is 16.6. The zero-order chi connectivity index (χ0) is 18.9. The highest BCUT2D eigenvalue weighted by Gasteiger charge is 2.43. The van der Waals surface area contributed by atoms with Gasteiger partial charge in [0.25, 0.3) is 0 Å². The molecule has 0 bridgehead atoms. The van der Waals surface area contributed by atoms with Crippen LogP contribution in [-0.2, 0) is 20.7 Å². The second kappa shape index (κ2) is 7.05. The van der Waals surface area contributed by atoms with Gasteiger partial charge in [0.15, 0.2) is 0 Å². The minimum absolute atomic E-state index is 0.257. The molecule has 1 amide bonds. The smallest absolute Gasteiger partial charge is 0.411 e. The SMILES string of the molecule is COC(=O)[C@@H]1CC(Oc2ccc3c(c2)OCC3)CN1C(=O)OC(C)(C)C. The summed E-state index contributed by atoms with van der Waals surface area (Å²) in [4.78, 5) is 25.9. The fourth-order valence-corrected chi connectivity index (χ4v) is 3.18. The molecule has 2 atom stereocenters. The van der Waals surface area contributed by atoms with E-state index in [0.29, 0.717) is 18.8 Å². The van der Waals surface area contributed by atoms with Crippen LogP contribution in [0.15, 0.2) is 18.2 Å². The lowest BCUT2D eigenvalue weighted by atomic mass is 10.1. The Balaban J connectivity index is 1.71. The van der Waals surface area contributed by atoms with Crippen LogP contribution < -0.4 is 9.47 Å². The molecule has 0 aromatic heterocycles. The predicted molar refractivity (Wildman–Crippen MR) is 93.4 cm³/mol. The lowest BCUT2D eigenvalue weighted by Crippen LogP contribution is -2.44. The van der Waals surface area contributed by atoms with Crippen molar-refractivity contribution in [1.82, 2.24) is 4.90 Å². The molecule has 1 aromatic carbocycles. The highest BCUT2D eigenvalue weighted by molar-refractivity contribution is 5.82. The maximum atomic E-state index is 12.5. The van der Waals surface area contributed by atoms with Crippen molar-refractivity contribution in [1.29, 1.82) is 0 Å². The Morgan fingerprint density at radius 1 is 1.27 bits per heavy atom. The first-order chi connectivity index (χ1) is 12.3. The van der Waals surface area contributed by atoms with E-state index in [4.69, 9.17) is 18.9 Å². The number of fused-ring (bicyclic) bond motifs is 1. The standard InChI is InChI=1S/C19H25NO6/c1-19(2,3)26-18(22)20-11-14(9-15(20)17(21)23-4)25-13-6-5-12-7-8-24-16(12)10-13/h5-6,10,14-15H,7-9,11H2,1-4H3/t14?,15-/m0/s1. The van der Waals surface area contributed by atoms with Crippen LogP contribution in [0.5, 0.6) is 11.5 Å². The molecule has 0 aliphatic carbocycles. The lowest BCUT2D eigenvalue weighted by molar-refractivity contribution is -0.145. The van der Waals surface area contributed by atoms with Crippen molar-refractivity contribution in [3.05, 3.63) is 23.8 Å². The Kier molecular flexibility index (Phi) is 4.98. The topological polar surface area (TPSA) is 74.3 Å². The van der Waals surface area contributed by atoms with E-state index >= 15 is 0 Å². The lowest BCUT2D eigenvalue weighted by Gasteiger charge is -2.27. The summed E-state index contributed by atoms with van der Waals surface area (Å²) in [5.74, 6) is 1.01. The number of methoxy groups -OCH3 is 1. The van der Waals surface area contributed by atoms with Crippen molar-refractivity contribution >= 4 is 12.1 Å². The highest BCUT2D eigenvalue weighted by Crippen LogP contribution is 2.32. The maximum Gasteiger partial charge on any atom is 0.411 e. The van der Waals surface area contributed by atoms with E-state index in [9.17, 15) is 9.59 Å². The number of likely N-dealkylation sites (tertiary alicyclic amines) is 1. The quantitative estimate of drug-likeness (QED) is 0.769. The Morgan fingerprint density at radius 3 is 2.73 bits per heavy atom. The number of hydrogen-bond donors (Lipinski definition) is 0. The Bertz CT molecular complexity index is 696. The van der Waals surface area contributed by atoms with E-state index in [1.807, 2.05) is 18.2 Å². The molecule has 1 aromatic rings. The number of rotatable bonds is 3. The van der Waals surface area contributed by atoms with E-state index in [-0.39, 0.29) is 12.6 Å². The van der Waals surface area contributed by atoms with Gasteiger partial charge >= 0.3 is 12.1 Å². The zero-order valence-corrected chi connectivity index (χ0v) is 15.6. The van der Waals surface area contributed by atoms with Gasteiger partial charge in [0.05, 0.1) is 20.3 Å². The molecule has 0 radical (unpaired) electrons. The van der Waals surface area contributed by atoms with E-state index in [0.717, 1.165) is 17.7 Å². The van der Waals surface area contributed by atoms with Crippen molar-refractivity contribution in [3.8, 4) is 11.5 Å². The maximum absolute atomic E-state index is 12.5. The van der Waals surface area contributed by atoms with Gasteiger partial charge < -0.3 is 18.9 Å². The zero-order valence-electron chi connectivity index (χ0n) is 15.6. The largest absolute Gasteiger partial charge is 0.493 e. The molecular weight excluding hydrogens is 338 g/mol.